The van der Waals surface area contributed by atoms with Crippen LogP contribution in [0.3, 0.4) is 0 Å². The Morgan fingerprint density at radius 1 is 1.15 bits per heavy atom. The molecule has 0 radical (unpaired) electrons. The van der Waals surface area contributed by atoms with Gasteiger partial charge in [0, 0.05) is 43.6 Å². The summed E-state index contributed by atoms with van der Waals surface area (Å²) in [6.07, 6.45) is 1.82. The molecule has 20 heavy (non-hydrogen) atoms. The molecule has 1 aromatic heterocycles. The molecule has 0 aliphatic carbocycles. The largest absolute Gasteiger partial charge is 0.356 e. The molecule has 0 N–H and O–H groups in total. The van der Waals surface area contributed by atoms with Gasteiger partial charge in [-0.2, -0.15) is 0 Å². The molecule has 0 amide bonds. The normalized spacial score (nSPS) is 21.9. The Morgan fingerprint density at radius 3 is 2.40 bits per heavy atom. The van der Waals surface area contributed by atoms with Crippen LogP contribution >= 0.6 is 0 Å². The van der Waals surface area contributed by atoms with Gasteiger partial charge in [0.05, 0.1) is 13.2 Å². The number of aryl methyl sites for hydroxylation is 1. The van der Waals surface area contributed by atoms with E-state index in [9.17, 15) is 0 Å². The van der Waals surface area contributed by atoms with Gasteiger partial charge >= 0.3 is 0 Å². The summed E-state index contributed by atoms with van der Waals surface area (Å²) in [6, 6.07) is 2.07. The van der Waals surface area contributed by atoms with E-state index in [4.69, 9.17) is 14.5 Å². The van der Waals surface area contributed by atoms with Crippen molar-refractivity contribution in [1.29, 1.82) is 0 Å². The second kappa shape index (κ2) is 5.30. The van der Waals surface area contributed by atoms with Crippen molar-refractivity contribution in [3.63, 3.8) is 0 Å². The third kappa shape index (κ3) is 2.65. The third-order valence-corrected chi connectivity index (χ3v) is 4.04. The second-order valence-electron chi connectivity index (χ2n) is 5.98. The highest BCUT2D eigenvalue weighted by atomic mass is 16.7. The SMILES string of the molecule is Cc1cc(N2CCC3(CC2)OCCO3)nc(C(C)C)n1. The van der Waals surface area contributed by atoms with Crippen molar-refractivity contribution >= 4 is 5.82 Å². The van der Waals surface area contributed by atoms with E-state index < -0.39 is 0 Å². The molecule has 0 unspecified atom stereocenters. The molecular weight excluding hydrogens is 254 g/mol. The summed E-state index contributed by atoms with van der Waals surface area (Å²) in [5.41, 5.74) is 1.03. The summed E-state index contributed by atoms with van der Waals surface area (Å²) < 4.78 is 11.5. The Balaban J connectivity index is 1.74. The Morgan fingerprint density at radius 2 is 1.80 bits per heavy atom. The lowest BCUT2D eigenvalue weighted by molar-refractivity contribution is -0.169. The first kappa shape index (κ1) is 13.8. The van der Waals surface area contributed by atoms with Crippen molar-refractivity contribution in [2.24, 2.45) is 0 Å². The zero-order valence-corrected chi connectivity index (χ0v) is 12.6. The molecule has 1 spiro atoms. The first-order valence-corrected chi connectivity index (χ1v) is 7.46. The van der Waals surface area contributed by atoms with Crippen molar-refractivity contribution in [2.45, 2.75) is 45.3 Å². The van der Waals surface area contributed by atoms with E-state index in [1.54, 1.807) is 0 Å². The molecule has 0 aromatic carbocycles. The highest BCUT2D eigenvalue weighted by Crippen LogP contribution is 2.33. The Hall–Kier alpha value is -1.20. The van der Waals surface area contributed by atoms with E-state index in [1.807, 2.05) is 6.92 Å². The van der Waals surface area contributed by atoms with Gasteiger partial charge in [-0.15, -0.1) is 0 Å². The number of nitrogens with zero attached hydrogens (tertiary/aromatic N) is 3. The number of anilines is 1. The lowest BCUT2D eigenvalue weighted by Crippen LogP contribution is -2.45. The standard InChI is InChI=1S/C15H23N3O2/c1-11(2)14-16-12(3)10-13(17-14)18-6-4-15(5-7-18)19-8-9-20-15/h10-11H,4-9H2,1-3H3. The molecular formula is C15H23N3O2. The van der Waals surface area contributed by atoms with Crippen molar-refractivity contribution in [3.05, 3.63) is 17.6 Å². The average molecular weight is 277 g/mol. The van der Waals surface area contributed by atoms with E-state index in [0.717, 1.165) is 56.5 Å². The van der Waals surface area contributed by atoms with Crippen molar-refractivity contribution in [1.82, 2.24) is 9.97 Å². The molecule has 5 nitrogen and oxygen atoms in total. The third-order valence-electron chi connectivity index (χ3n) is 4.04. The molecule has 2 saturated heterocycles. The van der Waals surface area contributed by atoms with Gasteiger partial charge in [-0.25, -0.2) is 9.97 Å². The zero-order valence-electron chi connectivity index (χ0n) is 12.6. The maximum Gasteiger partial charge on any atom is 0.171 e. The molecule has 110 valence electrons. The van der Waals surface area contributed by atoms with Crippen LogP contribution in [0.5, 0.6) is 0 Å². The smallest absolute Gasteiger partial charge is 0.171 e. The van der Waals surface area contributed by atoms with Gasteiger partial charge < -0.3 is 14.4 Å². The fourth-order valence-electron chi connectivity index (χ4n) is 2.86. The number of hydrogen-bond acceptors (Lipinski definition) is 5. The summed E-state index contributed by atoms with van der Waals surface area (Å²) in [7, 11) is 0. The van der Waals surface area contributed by atoms with Crippen LogP contribution in [-0.4, -0.2) is 42.1 Å². The van der Waals surface area contributed by atoms with Crippen LogP contribution in [0, 0.1) is 6.92 Å². The molecule has 3 rings (SSSR count). The van der Waals surface area contributed by atoms with Crippen molar-refractivity contribution in [2.75, 3.05) is 31.2 Å². The van der Waals surface area contributed by atoms with Crippen LogP contribution in [0.15, 0.2) is 6.07 Å². The molecule has 5 heteroatoms. The lowest BCUT2D eigenvalue weighted by atomic mass is 10.0. The van der Waals surface area contributed by atoms with E-state index in [2.05, 4.69) is 29.8 Å². The van der Waals surface area contributed by atoms with Gasteiger partial charge in [-0.3, -0.25) is 0 Å². The predicted molar refractivity (Wildman–Crippen MR) is 76.9 cm³/mol. The monoisotopic (exact) mass is 277 g/mol. The molecule has 2 aliphatic heterocycles. The van der Waals surface area contributed by atoms with Crippen LogP contribution in [0.4, 0.5) is 5.82 Å². The van der Waals surface area contributed by atoms with Crippen LogP contribution in [-0.2, 0) is 9.47 Å². The van der Waals surface area contributed by atoms with Crippen molar-refractivity contribution in [3.8, 4) is 0 Å². The van der Waals surface area contributed by atoms with E-state index in [-0.39, 0.29) is 5.79 Å². The fourth-order valence-corrected chi connectivity index (χ4v) is 2.86. The Labute approximate surface area is 120 Å². The molecule has 0 saturated carbocycles. The molecule has 2 aliphatic rings. The maximum atomic E-state index is 5.77. The fraction of sp³-hybridized carbons (Fsp3) is 0.733. The highest BCUT2D eigenvalue weighted by Gasteiger charge is 2.40. The maximum absolute atomic E-state index is 5.77. The van der Waals surface area contributed by atoms with Gasteiger partial charge in [0.1, 0.15) is 11.6 Å². The van der Waals surface area contributed by atoms with Gasteiger partial charge in [-0.05, 0) is 6.92 Å². The quantitative estimate of drug-likeness (QED) is 0.830. The summed E-state index contributed by atoms with van der Waals surface area (Å²) in [5.74, 6) is 1.99. The van der Waals surface area contributed by atoms with E-state index in [1.165, 1.54) is 0 Å². The van der Waals surface area contributed by atoms with Gasteiger partial charge in [-0.1, -0.05) is 13.8 Å². The van der Waals surface area contributed by atoms with E-state index in [0.29, 0.717) is 5.92 Å². The Kier molecular flexibility index (Phi) is 3.65. The summed E-state index contributed by atoms with van der Waals surface area (Å²) in [4.78, 5) is 11.5. The number of piperidine rings is 1. The number of ether oxygens (including phenoxy) is 2. The number of aromatic nitrogens is 2. The topological polar surface area (TPSA) is 47.5 Å². The molecule has 1 aromatic rings. The molecule has 3 heterocycles. The van der Waals surface area contributed by atoms with Crippen LogP contribution in [0.2, 0.25) is 0 Å². The molecule has 0 bridgehead atoms. The molecule has 2 fully saturated rings. The second-order valence-corrected chi connectivity index (χ2v) is 5.98. The minimum atomic E-state index is -0.320. The van der Waals surface area contributed by atoms with Crippen LogP contribution in [0.1, 0.15) is 44.1 Å². The number of hydrogen-bond donors (Lipinski definition) is 0. The van der Waals surface area contributed by atoms with E-state index >= 15 is 0 Å². The summed E-state index contributed by atoms with van der Waals surface area (Å²) in [6.45, 7) is 9.59. The minimum absolute atomic E-state index is 0.320. The predicted octanol–water partition coefficient (Wildman–Crippen LogP) is 2.25. The van der Waals surface area contributed by atoms with Gasteiger partial charge in [0.2, 0.25) is 0 Å². The van der Waals surface area contributed by atoms with Crippen LogP contribution < -0.4 is 4.90 Å². The minimum Gasteiger partial charge on any atom is -0.356 e. The Bertz CT molecular complexity index is 474. The number of rotatable bonds is 2. The zero-order chi connectivity index (χ0) is 14.2. The highest BCUT2D eigenvalue weighted by molar-refractivity contribution is 5.40. The van der Waals surface area contributed by atoms with Crippen molar-refractivity contribution < 1.29 is 9.47 Å². The van der Waals surface area contributed by atoms with Gasteiger partial charge in [0.25, 0.3) is 0 Å². The van der Waals surface area contributed by atoms with Gasteiger partial charge in [0.15, 0.2) is 5.79 Å². The van der Waals surface area contributed by atoms with Crippen LogP contribution in [0.25, 0.3) is 0 Å². The summed E-state index contributed by atoms with van der Waals surface area (Å²) >= 11 is 0. The first-order valence-electron chi connectivity index (χ1n) is 7.46. The summed E-state index contributed by atoms with van der Waals surface area (Å²) in [5, 5.41) is 0. The lowest BCUT2D eigenvalue weighted by Gasteiger charge is -2.38. The first-order chi connectivity index (χ1) is 9.58. The average Bonchev–Trinajstić information content (AvgIpc) is 2.87. The molecule has 0 atom stereocenters.